The molecule has 0 aromatic carbocycles. The van der Waals surface area contributed by atoms with Crippen molar-refractivity contribution in [3.05, 3.63) is 30.2 Å². The molecule has 0 bridgehead atoms. The number of anilines is 2. The van der Waals surface area contributed by atoms with Crippen molar-refractivity contribution in [2.45, 2.75) is 51.8 Å². The molecule has 2 aliphatic rings. The zero-order valence-corrected chi connectivity index (χ0v) is 18.1. The second kappa shape index (κ2) is 9.42. The number of rotatable bonds is 7. The van der Waals surface area contributed by atoms with E-state index in [0.29, 0.717) is 24.4 Å². The van der Waals surface area contributed by atoms with Crippen LogP contribution in [0.5, 0.6) is 6.01 Å². The number of piperidine rings is 1. The minimum atomic E-state index is -0.381. The summed E-state index contributed by atoms with van der Waals surface area (Å²) in [4.78, 5) is 31.3. The summed E-state index contributed by atoms with van der Waals surface area (Å²) in [6, 6.07) is 1.92. The van der Waals surface area contributed by atoms with Crippen molar-refractivity contribution in [3.8, 4) is 6.01 Å². The molecular formula is C21H29N7O3. The van der Waals surface area contributed by atoms with E-state index in [2.05, 4.69) is 44.4 Å². The number of hydrogen-bond acceptors (Lipinski definition) is 9. The molecule has 4 rings (SSSR count). The zero-order valence-electron chi connectivity index (χ0n) is 18.1. The van der Waals surface area contributed by atoms with Gasteiger partial charge < -0.3 is 20.1 Å². The monoisotopic (exact) mass is 427 g/mol. The van der Waals surface area contributed by atoms with Gasteiger partial charge in [0, 0.05) is 30.7 Å². The van der Waals surface area contributed by atoms with Crippen LogP contribution in [0.2, 0.25) is 0 Å². The van der Waals surface area contributed by atoms with Gasteiger partial charge >= 0.3 is 12.1 Å². The highest BCUT2D eigenvalue weighted by atomic mass is 16.6. The number of cyclic esters (lactones) is 1. The van der Waals surface area contributed by atoms with Gasteiger partial charge in [-0.25, -0.2) is 19.7 Å². The number of carbonyl (C=O) groups excluding carboxylic acids is 1. The molecule has 2 N–H and O–H groups in total. The molecule has 10 heteroatoms. The summed E-state index contributed by atoms with van der Waals surface area (Å²) in [5.74, 6) is 1.19. The molecule has 2 aromatic heterocycles. The standard InChI is InChI=1S/C21H29N7O3/c1-13(2)17-12-30-21(29)28(17)18-6-8-23-19(27-18)26-14(3)15-9-24-20(25-10-15)31-16-5-4-7-22-11-16/h6,8-10,13-14,16-17,22H,4-5,7,11-12H2,1-3H3,(H,23,26,27)/t14?,16?,17-/m1/s1. The number of nitrogens with zero attached hydrogens (tertiary/aromatic N) is 5. The van der Waals surface area contributed by atoms with Crippen LogP contribution < -0.4 is 20.3 Å². The molecule has 0 spiro atoms. The molecule has 1 amide bonds. The molecule has 2 saturated heterocycles. The quantitative estimate of drug-likeness (QED) is 0.688. The number of ether oxygens (including phenoxy) is 2. The molecule has 0 saturated carbocycles. The van der Waals surface area contributed by atoms with Crippen LogP contribution in [0.25, 0.3) is 0 Å². The Morgan fingerprint density at radius 3 is 2.77 bits per heavy atom. The predicted octanol–water partition coefficient (Wildman–Crippen LogP) is 2.55. The SMILES string of the molecule is CC(Nc1nccc(N2C(=O)OC[C@@H]2C(C)C)n1)c1cnc(OC2CCCNC2)nc1. The maximum Gasteiger partial charge on any atom is 0.415 e. The van der Waals surface area contributed by atoms with Crippen LogP contribution in [0.3, 0.4) is 0 Å². The Balaban J connectivity index is 1.41. The molecule has 3 atom stereocenters. The maximum absolute atomic E-state index is 12.2. The first-order chi connectivity index (χ1) is 15.0. The number of hydrogen-bond donors (Lipinski definition) is 2. The third-order valence-electron chi connectivity index (χ3n) is 5.58. The molecule has 31 heavy (non-hydrogen) atoms. The van der Waals surface area contributed by atoms with Gasteiger partial charge in [-0.3, -0.25) is 4.90 Å². The second-order valence-electron chi connectivity index (χ2n) is 8.25. The van der Waals surface area contributed by atoms with Crippen LogP contribution in [-0.4, -0.2) is 57.9 Å². The molecule has 2 aromatic rings. The Morgan fingerprint density at radius 2 is 2.06 bits per heavy atom. The molecule has 0 aliphatic carbocycles. The van der Waals surface area contributed by atoms with E-state index in [1.165, 1.54) is 0 Å². The highest BCUT2D eigenvalue weighted by Crippen LogP contribution is 2.26. The van der Waals surface area contributed by atoms with E-state index >= 15 is 0 Å². The first-order valence-electron chi connectivity index (χ1n) is 10.8. The van der Waals surface area contributed by atoms with Gasteiger partial charge in [0.2, 0.25) is 5.95 Å². The van der Waals surface area contributed by atoms with Crippen molar-refractivity contribution in [2.24, 2.45) is 5.92 Å². The Hall–Kier alpha value is -3.01. The van der Waals surface area contributed by atoms with Gasteiger partial charge in [-0.05, 0) is 38.3 Å². The number of nitrogens with one attached hydrogen (secondary N) is 2. The van der Waals surface area contributed by atoms with Gasteiger partial charge in [-0.15, -0.1) is 0 Å². The summed E-state index contributed by atoms with van der Waals surface area (Å²) in [5, 5.41) is 6.56. The average molecular weight is 428 g/mol. The lowest BCUT2D eigenvalue weighted by atomic mass is 10.0. The van der Waals surface area contributed by atoms with Gasteiger partial charge in [-0.2, -0.15) is 4.98 Å². The number of amides is 1. The van der Waals surface area contributed by atoms with E-state index in [0.717, 1.165) is 31.5 Å². The molecule has 2 fully saturated rings. The van der Waals surface area contributed by atoms with Crippen LogP contribution in [0.4, 0.5) is 16.6 Å². The lowest BCUT2D eigenvalue weighted by Crippen LogP contribution is -2.37. The average Bonchev–Trinajstić information content (AvgIpc) is 3.17. The van der Waals surface area contributed by atoms with Crippen molar-refractivity contribution in [2.75, 3.05) is 29.9 Å². The largest absolute Gasteiger partial charge is 0.459 e. The summed E-state index contributed by atoms with van der Waals surface area (Å²) in [5.41, 5.74) is 0.878. The van der Waals surface area contributed by atoms with E-state index in [4.69, 9.17) is 9.47 Å². The van der Waals surface area contributed by atoms with Gasteiger partial charge in [0.05, 0.1) is 12.1 Å². The first-order valence-corrected chi connectivity index (χ1v) is 10.8. The zero-order chi connectivity index (χ0) is 21.8. The summed E-state index contributed by atoms with van der Waals surface area (Å²) < 4.78 is 11.1. The highest BCUT2D eigenvalue weighted by molar-refractivity contribution is 5.89. The fraction of sp³-hybridized carbons (Fsp3) is 0.571. The lowest BCUT2D eigenvalue weighted by Gasteiger charge is -2.24. The lowest BCUT2D eigenvalue weighted by molar-refractivity contribution is 0.153. The van der Waals surface area contributed by atoms with Crippen molar-refractivity contribution in [1.29, 1.82) is 0 Å². The first kappa shape index (κ1) is 21.2. The molecular weight excluding hydrogens is 398 g/mol. The van der Waals surface area contributed by atoms with E-state index in [1.54, 1.807) is 29.6 Å². The molecule has 0 radical (unpaired) electrons. The molecule has 4 heterocycles. The second-order valence-corrected chi connectivity index (χ2v) is 8.25. The molecule has 2 aliphatic heterocycles. The van der Waals surface area contributed by atoms with Crippen LogP contribution in [-0.2, 0) is 4.74 Å². The minimum absolute atomic E-state index is 0.0482. The van der Waals surface area contributed by atoms with Crippen LogP contribution in [0.1, 0.15) is 45.2 Å². The normalized spacial score (nSPS) is 22.3. The Morgan fingerprint density at radius 1 is 1.26 bits per heavy atom. The number of aromatic nitrogens is 4. The topological polar surface area (TPSA) is 114 Å². The number of carbonyl (C=O) groups is 1. The minimum Gasteiger partial charge on any atom is -0.459 e. The Labute approximate surface area is 181 Å². The van der Waals surface area contributed by atoms with Crippen molar-refractivity contribution in [1.82, 2.24) is 25.3 Å². The summed E-state index contributed by atoms with van der Waals surface area (Å²) in [6.07, 6.45) is 6.94. The smallest absolute Gasteiger partial charge is 0.415 e. The summed E-state index contributed by atoms with van der Waals surface area (Å²) >= 11 is 0. The van der Waals surface area contributed by atoms with Crippen LogP contribution in [0, 0.1) is 5.92 Å². The molecule has 166 valence electrons. The van der Waals surface area contributed by atoms with Gasteiger partial charge in [-0.1, -0.05) is 13.8 Å². The van der Waals surface area contributed by atoms with E-state index < -0.39 is 0 Å². The van der Waals surface area contributed by atoms with E-state index in [-0.39, 0.29) is 30.2 Å². The maximum atomic E-state index is 12.2. The van der Waals surface area contributed by atoms with Crippen molar-refractivity contribution < 1.29 is 14.3 Å². The fourth-order valence-electron chi connectivity index (χ4n) is 3.70. The van der Waals surface area contributed by atoms with Gasteiger partial charge in [0.1, 0.15) is 18.5 Å². The predicted molar refractivity (Wildman–Crippen MR) is 115 cm³/mol. The van der Waals surface area contributed by atoms with Crippen molar-refractivity contribution >= 4 is 17.9 Å². The van der Waals surface area contributed by atoms with Crippen LogP contribution >= 0.6 is 0 Å². The van der Waals surface area contributed by atoms with Gasteiger partial charge in [0.15, 0.2) is 0 Å². The third kappa shape index (κ3) is 5.01. The van der Waals surface area contributed by atoms with Crippen molar-refractivity contribution in [3.63, 3.8) is 0 Å². The summed E-state index contributed by atoms with van der Waals surface area (Å²) in [7, 11) is 0. The highest BCUT2D eigenvalue weighted by Gasteiger charge is 2.37. The third-order valence-corrected chi connectivity index (χ3v) is 5.58. The summed E-state index contributed by atoms with van der Waals surface area (Å²) in [6.45, 7) is 8.30. The van der Waals surface area contributed by atoms with Gasteiger partial charge in [0.25, 0.3) is 0 Å². The van der Waals surface area contributed by atoms with Crippen LogP contribution in [0.15, 0.2) is 24.7 Å². The Kier molecular flexibility index (Phi) is 6.45. The van der Waals surface area contributed by atoms with E-state index in [1.807, 2.05) is 6.92 Å². The fourth-order valence-corrected chi connectivity index (χ4v) is 3.70. The Bertz CT molecular complexity index is 887. The molecule has 2 unspecified atom stereocenters. The molecule has 10 nitrogen and oxygen atoms in total. The van der Waals surface area contributed by atoms with E-state index in [9.17, 15) is 4.79 Å².